The maximum absolute atomic E-state index is 6.40. The number of nitrogens with two attached hydrogens (primary N) is 1. The first kappa shape index (κ1) is 45.9. The Kier molecular flexibility index (Phi) is 26.5. The fraction of sp³-hybridized carbons (Fsp3) is 1.00. The minimum absolute atomic E-state index is 0. The highest BCUT2D eigenvalue weighted by atomic mass is 35.5. The van der Waals surface area contributed by atoms with Crippen LogP contribution in [0.15, 0.2) is 0 Å². The summed E-state index contributed by atoms with van der Waals surface area (Å²) in [5, 5.41) is 4.41. The van der Waals surface area contributed by atoms with Gasteiger partial charge in [0.2, 0.25) is 0 Å². The largest absolute Gasteiger partial charge is 0.412 e. The smallest absolute Gasteiger partial charge is 0.0336 e. The Morgan fingerprint density at radius 3 is 2.08 bits per heavy atom. The highest BCUT2D eigenvalue weighted by molar-refractivity contribution is 6.20. The molecule has 2 heterocycles. The Labute approximate surface area is 245 Å². The average molecular weight is 589 g/mol. The zero-order chi connectivity index (χ0) is 23.8. The standard InChI is InChI=1S/C28H55ClN4.CH4.5H2O/c1-22(2)27(31-15-11-23-12-17-32(19-23)16-6-5-14-30)20-33-18-13-26(28(3,4)21-33)24-7-9-25(29)10-8-24;;;;;;/h22-27,31H,5-21,30H2,1-4H3;1H4;5*1H2/t23-,24?,25?,26?,27+;;;;;;/m1....../s1. The maximum Gasteiger partial charge on any atom is 0.0336 e. The van der Waals surface area contributed by atoms with Gasteiger partial charge in [0.15, 0.2) is 0 Å². The summed E-state index contributed by atoms with van der Waals surface area (Å²) in [6.07, 6.45) is 11.7. The van der Waals surface area contributed by atoms with Crippen molar-refractivity contribution < 1.29 is 27.4 Å². The number of hydrogen-bond acceptors (Lipinski definition) is 4. The van der Waals surface area contributed by atoms with Crippen LogP contribution in [0.3, 0.4) is 0 Å². The van der Waals surface area contributed by atoms with Crippen molar-refractivity contribution in [2.24, 2.45) is 34.8 Å². The van der Waals surface area contributed by atoms with Gasteiger partial charge in [0, 0.05) is 31.1 Å². The SMILES string of the molecule is C.CC(C)[C@H](CN1CCC(C2CCC(Cl)CC2)C(C)(C)C1)NCC[C@@H]1CCN(CCCCN)C1.O.O.O.O.O. The van der Waals surface area contributed by atoms with Gasteiger partial charge in [-0.25, -0.2) is 0 Å². The van der Waals surface area contributed by atoms with Gasteiger partial charge in [0.1, 0.15) is 0 Å². The lowest BCUT2D eigenvalue weighted by Gasteiger charge is -2.49. The topological polar surface area (TPSA) is 202 Å². The van der Waals surface area contributed by atoms with Crippen molar-refractivity contribution in [3.8, 4) is 0 Å². The van der Waals surface area contributed by atoms with Crippen molar-refractivity contribution in [3.63, 3.8) is 0 Å². The van der Waals surface area contributed by atoms with E-state index in [0.29, 0.717) is 22.8 Å². The fourth-order valence-corrected chi connectivity index (χ4v) is 7.34. The van der Waals surface area contributed by atoms with Crippen LogP contribution in [-0.2, 0) is 0 Å². The van der Waals surface area contributed by atoms with Crippen molar-refractivity contribution in [1.29, 1.82) is 0 Å². The first-order chi connectivity index (χ1) is 15.8. The van der Waals surface area contributed by atoms with E-state index in [-0.39, 0.29) is 34.8 Å². The monoisotopic (exact) mass is 588 g/mol. The summed E-state index contributed by atoms with van der Waals surface area (Å²) in [6.45, 7) is 19.4. The molecule has 0 radical (unpaired) electrons. The van der Waals surface area contributed by atoms with Crippen LogP contribution in [-0.4, -0.2) is 101 Å². The predicted molar refractivity (Wildman–Crippen MR) is 169 cm³/mol. The zero-order valence-electron chi connectivity index (χ0n) is 24.8. The van der Waals surface area contributed by atoms with Gasteiger partial charge in [0.05, 0.1) is 0 Å². The summed E-state index contributed by atoms with van der Waals surface area (Å²) in [4.78, 5) is 5.43. The molecule has 0 bridgehead atoms. The van der Waals surface area contributed by atoms with Gasteiger partial charge in [-0.15, -0.1) is 11.6 Å². The van der Waals surface area contributed by atoms with Crippen LogP contribution in [0.5, 0.6) is 0 Å². The van der Waals surface area contributed by atoms with E-state index < -0.39 is 0 Å². The minimum atomic E-state index is 0. The average Bonchev–Trinajstić information content (AvgIpc) is 3.21. The van der Waals surface area contributed by atoms with Crippen LogP contribution in [0, 0.1) is 29.1 Å². The quantitative estimate of drug-likeness (QED) is 0.258. The molecule has 0 spiro atoms. The second-order valence-electron chi connectivity index (χ2n) is 12.7. The third-order valence-corrected chi connectivity index (χ3v) is 9.62. The molecule has 3 fully saturated rings. The number of nitrogens with zero attached hydrogens (tertiary/aromatic N) is 2. The molecule has 3 rings (SSSR count). The summed E-state index contributed by atoms with van der Waals surface area (Å²) in [5.74, 6) is 3.33. The normalized spacial score (nSPS) is 27.5. The van der Waals surface area contributed by atoms with Crippen LogP contribution < -0.4 is 11.1 Å². The zero-order valence-corrected chi connectivity index (χ0v) is 25.6. The number of unbranched alkanes of at least 4 members (excludes halogenated alkanes) is 1. The van der Waals surface area contributed by atoms with Crippen molar-refractivity contribution in [1.82, 2.24) is 15.1 Å². The molecule has 1 saturated carbocycles. The molecule has 0 aromatic heterocycles. The molecule has 1 aliphatic carbocycles. The highest BCUT2D eigenvalue weighted by Gasteiger charge is 2.41. The lowest BCUT2D eigenvalue weighted by atomic mass is 9.64. The fourth-order valence-electron chi connectivity index (χ4n) is 7.09. The van der Waals surface area contributed by atoms with Crippen molar-refractivity contribution in [2.75, 3.05) is 52.4 Å². The minimum Gasteiger partial charge on any atom is -0.412 e. The number of alkyl halides is 1. The molecule has 2 aliphatic heterocycles. The molecule has 2 saturated heterocycles. The molecule has 13 N–H and O–H groups in total. The lowest BCUT2D eigenvalue weighted by Crippen LogP contribution is -2.53. The summed E-state index contributed by atoms with van der Waals surface area (Å²) in [7, 11) is 0. The Morgan fingerprint density at radius 2 is 1.51 bits per heavy atom. The lowest BCUT2D eigenvalue weighted by molar-refractivity contribution is 0.00481. The van der Waals surface area contributed by atoms with Crippen LogP contribution in [0.4, 0.5) is 0 Å². The third-order valence-electron chi connectivity index (χ3n) is 9.18. The van der Waals surface area contributed by atoms with Crippen molar-refractivity contribution in [2.45, 2.75) is 104 Å². The van der Waals surface area contributed by atoms with Gasteiger partial charge in [0.25, 0.3) is 0 Å². The van der Waals surface area contributed by atoms with E-state index in [1.807, 2.05) is 0 Å². The van der Waals surface area contributed by atoms with E-state index in [9.17, 15) is 0 Å². The Balaban J connectivity index is -0.00000102. The molecule has 0 aromatic rings. The molecule has 3 atom stereocenters. The third kappa shape index (κ3) is 14.6. The van der Waals surface area contributed by atoms with Crippen molar-refractivity contribution >= 4 is 11.6 Å². The van der Waals surface area contributed by atoms with Gasteiger partial charge in [-0.3, -0.25) is 0 Å². The van der Waals surface area contributed by atoms with Gasteiger partial charge in [-0.05, 0) is 120 Å². The number of rotatable bonds is 12. The number of likely N-dealkylation sites (tertiary alicyclic amines) is 2. The summed E-state index contributed by atoms with van der Waals surface area (Å²) in [5.41, 5.74) is 6.07. The van der Waals surface area contributed by atoms with Crippen LogP contribution in [0.25, 0.3) is 0 Å². The second kappa shape index (κ2) is 22.5. The molecule has 242 valence electrons. The molecular formula is C29H69ClN4O5. The number of piperidine rings is 1. The summed E-state index contributed by atoms with van der Waals surface area (Å²) in [6, 6.07) is 0.603. The van der Waals surface area contributed by atoms with E-state index in [4.69, 9.17) is 17.3 Å². The number of halogens is 1. The van der Waals surface area contributed by atoms with Gasteiger partial charge < -0.3 is 48.2 Å². The molecule has 10 heteroatoms. The molecule has 39 heavy (non-hydrogen) atoms. The first-order valence-electron chi connectivity index (χ1n) is 14.3. The Hall–Kier alpha value is -0.0700. The molecular weight excluding hydrogens is 520 g/mol. The van der Waals surface area contributed by atoms with Gasteiger partial charge >= 0.3 is 0 Å². The van der Waals surface area contributed by atoms with Gasteiger partial charge in [-0.1, -0.05) is 35.1 Å². The van der Waals surface area contributed by atoms with Gasteiger partial charge in [-0.2, -0.15) is 0 Å². The molecule has 0 amide bonds. The Morgan fingerprint density at radius 1 is 0.897 bits per heavy atom. The molecule has 9 nitrogen and oxygen atoms in total. The molecule has 3 aliphatic rings. The maximum atomic E-state index is 6.40. The summed E-state index contributed by atoms with van der Waals surface area (Å²) < 4.78 is 0. The highest BCUT2D eigenvalue weighted by Crippen LogP contribution is 2.45. The number of hydrogen-bond donors (Lipinski definition) is 2. The van der Waals surface area contributed by atoms with E-state index in [0.717, 1.165) is 24.3 Å². The number of nitrogens with one attached hydrogen (secondary N) is 1. The molecule has 0 aromatic carbocycles. The van der Waals surface area contributed by atoms with E-state index in [1.165, 1.54) is 104 Å². The summed E-state index contributed by atoms with van der Waals surface area (Å²) >= 11 is 6.40. The van der Waals surface area contributed by atoms with E-state index in [2.05, 4.69) is 42.8 Å². The van der Waals surface area contributed by atoms with Crippen LogP contribution in [0.2, 0.25) is 0 Å². The van der Waals surface area contributed by atoms with Crippen LogP contribution in [0.1, 0.15) is 92.9 Å². The first-order valence-corrected chi connectivity index (χ1v) is 14.7. The van der Waals surface area contributed by atoms with Crippen molar-refractivity contribution in [3.05, 3.63) is 0 Å². The van der Waals surface area contributed by atoms with E-state index >= 15 is 0 Å². The molecule has 1 unspecified atom stereocenters. The van der Waals surface area contributed by atoms with Crippen LogP contribution >= 0.6 is 11.6 Å². The second-order valence-corrected chi connectivity index (χ2v) is 13.3. The Bertz CT molecular complexity index is 568. The van der Waals surface area contributed by atoms with E-state index in [1.54, 1.807) is 0 Å². The predicted octanol–water partition coefficient (Wildman–Crippen LogP) is 1.71.